The first-order chi connectivity index (χ1) is 16.2. The molecule has 1 saturated carbocycles. The van der Waals surface area contributed by atoms with Crippen LogP contribution in [0.2, 0.25) is 5.15 Å². The van der Waals surface area contributed by atoms with Crippen LogP contribution in [0.4, 0.5) is 5.82 Å². The second-order valence-electron chi connectivity index (χ2n) is 8.62. The Morgan fingerprint density at radius 2 is 1.85 bits per heavy atom. The highest BCUT2D eigenvalue weighted by atomic mass is 35.5. The van der Waals surface area contributed by atoms with Crippen molar-refractivity contribution in [2.75, 3.05) is 43.4 Å². The lowest BCUT2D eigenvalue weighted by Crippen LogP contribution is -2.46. The Balaban J connectivity index is 1.24. The number of halogens is 1. The van der Waals surface area contributed by atoms with E-state index in [2.05, 4.69) is 61.5 Å². The quantitative estimate of drug-likeness (QED) is 0.337. The van der Waals surface area contributed by atoms with Crippen molar-refractivity contribution in [1.29, 1.82) is 0 Å². The molecule has 1 N–H and O–H groups in total. The summed E-state index contributed by atoms with van der Waals surface area (Å²) in [6.45, 7) is 4.64. The molecule has 2 aromatic rings. The number of hydrogen-bond donors (Lipinski definition) is 1. The van der Waals surface area contributed by atoms with E-state index in [-0.39, 0.29) is 5.91 Å². The number of carbonyl (C=O) groups excluding carboxylic acids is 1. The molecule has 33 heavy (non-hydrogen) atoms. The molecule has 1 aliphatic carbocycles. The first kappa shape index (κ1) is 24.0. The minimum atomic E-state index is 0.0502. The van der Waals surface area contributed by atoms with Gasteiger partial charge in [-0.1, -0.05) is 85.1 Å². The van der Waals surface area contributed by atoms with E-state index in [0.29, 0.717) is 22.1 Å². The molecule has 1 saturated heterocycles. The molecule has 2 aliphatic rings. The number of thioether (sulfide) groups is 1. The Labute approximate surface area is 205 Å². The van der Waals surface area contributed by atoms with E-state index in [0.717, 1.165) is 51.4 Å². The maximum atomic E-state index is 12.3. The number of anilines is 1. The zero-order valence-electron chi connectivity index (χ0n) is 19.0. The average molecular weight is 486 g/mol. The van der Waals surface area contributed by atoms with E-state index < -0.39 is 0 Å². The number of amides is 1. The number of benzene rings is 1. The number of nitrogens with zero attached hydrogens (tertiary/aromatic N) is 4. The van der Waals surface area contributed by atoms with E-state index in [1.165, 1.54) is 36.6 Å². The number of aromatic nitrogens is 2. The molecule has 176 valence electrons. The van der Waals surface area contributed by atoms with Gasteiger partial charge in [0.25, 0.3) is 0 Å². The second-order valence-corrected chi connectivity index (χ2v) is 9.95. The van der Waals surface area contributed by atoms with Gasteiger partial charge >= 0.3 is 0 Å². The first-order valence-corrected chi connectivity index (χ1v) is 13.2. The summed E-state index contributed by atoms with van der Waals surface area (Å²) in [6, 6.07) is 12.5. The smallest absolute Gasteiger partial charge is 0.230 e. The lowest BCUT2D eigenvalue weighted by molar-refractivity contribution is -0.119. The summed E-state index contributed by atoms with van der Waals surface area (Å²) in [4.78, 5) is 26.0. The molecule has 8 heteroatoms. The van der Waals surface area contributed by atoms with Crippen molar-refractivity contribution in [1.82, 2.24) is 20.2 Å². The van der Waals surface area contributed by atoms with Gasteiger partial charge in [0, 0.05) is 44.8 Å². The third-order valence-corrected chi connectivity index (χ3v) is 7.17. The van der Waals surface area contributed by atoms with Crippen molar-refractivity contribution >= 4 is 41.2 Å². The van der Waals surface area contributed by atoms with Crippen molar-refractivity contribution in [3.05, 3.63) is 53.2 Å². The molecule has 2 fully saturated rings. The van der Waals surface area contributed by atoms with E-state index in [1.54, 1.807) is 0 Å². The molecule has 0 unspecified atom stereocenters. The number of rotatable bonds is 8. The fourth-order valence-electron chi connectivity index (χ4n) is 4.32. The van der Waals surface area contributed by atoms with Gasteiger partial charge in [-0.3, -0.25) is 9.69 Å². The molecular weight excluding hydrogens is 454 g/mol. The summed E-state index contributed by atoms with van der Waals surface area (Å²) in [5.41, 5.74) is 1.23. The van der Waals surface area contributed by atoms with Gasteiger partial charge in [-0.2, -0.15) is 0 Å². The van der Waals surface area contributed by atoms with Crippen molar-refractivity contribution in [2.24, 2.45) is 0 Å². The molecule has 4 rings (SSSR count). The topological polar surface area (TPSA) is 61.4 Å². The Morgan fingerprint density at radius 3 is 2.61 bits per heavy atom. The largest absolute Gasteiger partial charge is 0.354 e. The molecule has 0 atom stereocenters. The van der Waals surface area contributed by atoms with Crippen molar-refractivity contribution in [3.63, 3.8) is 0 Å². The third kappa shape index (κ3) is 7.73. The Bertz CT molecular complexity index is 928. The van der Waals surface area contributed by atoms with Crippen LogP contribution in [0.1, 0.15) is 37.7 Å². The van der Waals surface area contributed by atoms with Gasteiger partial charge in [-0.25, -0.2) is 9.97 Å². The number of hydrogen-bond acceptors (Lipinski definition) is 6. The highest BCUT2D eigenvalue weighted by molar-refractivity contribution is 7.99. The SMILES string of the molecule is O=C(CSc1nc(Cl)cc(N2CCN(CC=Cc3ccccc3)CC2)n1)NC1CCCCC1. The fourth-order valence-corrected chi connectivity index (χ4v) is 5.21. The van der Waals surface area contributed by atoms with Crippen LogP contribution in [0.3, 0.4) is 0 Å². The second kappa shape index (κ2) is 12.4. The van der Waals surface area contributed by atoms with E-state index >= 15 is 0 Å². The Hall–Kier alpha value is -2.09. The highest BCUT2D eigenvalue weighted by Gasteiger charge is 2.20. The van der Waals surface area contributed by atoms with Crippen LogP contribution in [0.5, 0.6) is 0 Å². The first-order valence-electron chi connectivity index (χ1n) is 11.8. The predicted molar refractivity (Wildman–Crippen MR) is 137 cm³/mol. The number of nitrogens with one attached hydrogen (secondary N) is 1. The van der Waals surface area contributed by atoms with Crippen molar-refractivity contribution in [2.45, 2.75) is 43.3 Å². The monoisotopic (exact) mass is 485 g/mol. The van der Waals surface area contributed by atoms with Gasteiger partial charge in [-0.15, -0.1) is 0 Å². The molecule has 6 nitrogen and oxygen atoms in total. The van der Waals surface area contributed by atoms with Gasteiger partial charge in [0.1, 0.15) is 11.0 Å². The van der Waals surface area contributed by atoms with E-state index in [1.807, 2.05) is 12.1 Å². The lowest BCUT2D eigenvalue weighted by atomic mass is 9.95. The van der Waals surface area contributed by atoms with Crippen LogP contribution in [0.15, 0.2) is 47.6 Å². The summed E-state index contributed by atoms with van der Waals surface area (Å²) >= 11 is 7.64. The van der Waals surface area contributed by atoms with Gasteiger partial charge < -0.3 is 10.2 Å². The van der Waals surface area contributed by atoms with Crippen LogP contribution >= 0.6 is 23.4 Å². The maximum Gasteiger partial charge on any atom is 0.230 e. The van der Waals surface area contributed by atoms with E-state index in [9.17, 15) is 4.79 Å². The molecular formula is C25H32ClN5OS. The molecule has 2 heterocycles. The Kier molecular flexibility index (Phi) is 9.03. The van der Waals surface area contributed by atoms with Gasteiger partial charge in [-0.05, 0) is 18.4 Å². The maximum absolute atomic E-state index is 12.3. The normalized spacial score (nSPS) is 18.0. The lowest BCUT2D eigenvalue weighted by Gasteiger charge is -2.35. The van der Waals surface area contributed by atoms with Crippen LogP contribution < -0.4 is 10.2 Å². The van der Waals surface area contributed by atoms with Gasteiger partial charge in [0.2, 0.25) is 5.91 Å². The summed E-state index contributed by atoms with van der Waals surface area (Å²) in [6.07, 6.45) is 10.2. The molecule has 1 amide bonds. The fraction of sp³-hybridized carbons (Fsp3) is 0.480. The molecule has 1 aliphatic heterocycles. The highest BCUT2D eigenvalue weighted by Crippen LogP contribution is 2.23. The van der Waals surface area contributed by atoms with Gasteiger partial charge in [0.15, 0.2) is 5.16 Å². The van der Waals surface area contributed by atoms with E-state index in [4.69, 9.17) is 11.6 Å². The van der Waals surface area contributed by atoms with Crippen LogP contribution in [0, 0.1) is 0 Å². The van der Waals surface area contributed by atoms with Crippen LogP contribution in [-0.4, -0.2) is 65.3 Å². The third-order valence-electron chi connectivity index (χ3n) is 6.13. The summed E-state index contributed by atoms with van der Waals surface area (Å²) in [5.74, 6) is 1.21. The standard InChI is InChI=1S/C25H32ClN5OS/c26-22-18-23(29-25(28-22)33-19-24(32)27-21-11-5-2-6-12-21)31-16-14-30(15-17-31)13-7-10-20-8-3-1-4-9-20/h1,3-4,7-10,18,21H,2,5-6,11-17,19H2,(H,27,32). The summed E-state index contributed by atoms with van der Waals surface area (Å²) < 4.78 is 0. The molecule has 0 spiro atoms. The van der Waals surface area contributed by atoms with Gasteiger partial charge in [0.05, 0.1) is 5.75 Å². The van der Waals surface area contributed by atoms with Crippen LogP contribution in [-0.2, 0) is 4.79 Å². The van der Waals surface area contributed by atoms with Crippen molar-refractivity contribution in [3.8, 4) is 0 Å². The zero-order chi connectivity index (χ0) is 22.9. The number of piperazine rings is 1. The predicted octanol–water partition coefficient (Wildman–Crippen LogP) is 4.51. The molecule has 1 aromatic heterocycles. The molecule has 1 aromatic carbocycles. The average Bonchev–Trinajstić information content (AvgIpc) is 2.84. The summed E-state index contributed by atoms with van der Waals surface area (Å²) in [7, 11) is 0. The molecule has 0 bridgehead atoms. The van der Waals surface area contributed by atoms with Crippen molar-refractivity contribution < 1.29 is 4.79 Å². The molecule has 0 radical (unpaired) electrons. The number of carbonyl (C=O) groups is 1. The zero-order valence-corrected chi connectivity index (χ0v) is 20.5. The summed E-state index contributed by atoms with van der Waals surface area (Å²) in [5, 5.41) is 4.12. The van der Waals surface area contributed by atoms with Crippen LogP contribution in [0.25, 0.3) is 6.08 Å². The Morgan fingerprint density at radius 1 is 1.09 bits per heavy atom. The minimum absolute atomic E-state index is 0.0502. The minimum Gasteiger partial charge on any atom is -0.354 e.